The molecule has 0 aliphatic carbocycles. The zero-order valence-electron chi connectivity index (χ0n) is 18.5. The number of nitrogens with zero attached hydrogens (tertiary/aromatic N) is 6. The van der Waals surface area contributed by atoms with E-state index < -0.39 is 0 Å². The first-order chi connectivity index (χ1) is 15.0. The third-order valence-electron chi connectivity index (χ3n) is 6.00. The molecule has 1 amide bonds. The molecule has 1 atom stereocenters. The summed E-state index contributed by atoms with van der Waals surface area (Å²) in [6.07, 6.45) is 3.82. The van der Waals surface area contributed by atoms with E-state index in [1.165, 1.54) is 0 Å². The molecule has 31 heavy (non-hydrogen) atoms. The first-order valence-corrected chi connectivity index (χ1v) is 10.8. The topological polar surface area (TPSA) is 87.2 Å². The number of amides is 1. The van der Waals surface area contributed by atoms with Crippen molar-refractivity contribution in [3.05, 3.63) is 46.3 Å². The van der Waals surface area contributed by atoms with Crippen molar-refractivity contribution in [1.29, 1.82) is 0 Å². The van der Waals surface area contributed by atoms with Gasteiger partial charge in [0.1, 0.15) is 0 Å². The summed E-state index contributed by atoms with van der Waals surface area (Å²) in [4.78, 5) is 32.5. The van der Waals surface area contributed by atoms with E-state index in [1.54, 1.807) is 22.4 Å². The van der Waals surface area contributed by atoms with Gasteiger partial charge in [-0.25, -0.2) is 9.78 Å². The Balaban J connectivity index is 1.52. The minimum atomic E-state index is -0.0901. The second-order valence-corrected chi connectivity index (χ2v) is 8.18. The highest BCUT2D eigenvalue weighted by molar-refractivity contribution is 5.76. The van der Waals surface area contributed by atoms with E-state index in [0.717, 1.165) is 36.3 Å². The molecule has 4 heterocycles. The molecule has 0 saturated carbocycles. The Bertz CT molecular complexity index is 1130. The van der Waals surface area contributed by atoms with Gasteiger partial charge in [0.05, 0.1) is 30.4 Å². The van der Waals surface area contributed by atoms with Gasteiger partial charge in [0.15, 0.2) is 5.65 Å². The Morgan fingerprint density at radius 2 is 2.13 bits per heavy atom. The van der Waals surface area contributed by atoms with Crippen LogP contribution in [0.25, 0.3) is 11.2 Å². The largest absolute Gasteiger partial charge is 0.383 e. The third-order valence-corrected chi connectivity index (χ3v) is 6.00. The number of aryl methyl sites for hydroxylation is 3. The molecule has 9 nitrogen and oxygen atoms in total. The number of ether oxygens (including phenoxy) is 1. The van der Waals surface area contributed by atoms with Gasteiger partial charge in [-0.1, -0.05) is 0 Å². The number of piperidine rings is 1. The third kappa shape index (κ3) is 4.27. The summed E-state index contributed by atoms with van der Waals surface area (Å²) < 4.78 is 10.5. The fourth-order valence-electron chi connectivity index (χ4n) is 4.49. The molecule has 9 heteroatoms. The van der Waals surface area contributed by atoms with Crippen molar-refractivity contribution < 1.29 is 9.53 Å². The summed E-state index contributed by atoms with van der Waals surface area (Å²) in [5, 5.41) is 4.44. The van der Waals surface area contributed by atoms with Gasteiger partial charge in [0, 0.05) is 45.1 Å². The monoisotopic (exact) mass is 426 g/mol. The molecule has 3 aromatic rings. The Hall–Kier alpha value is -2.94. The summed E-state index contributed by atoms with van der Waals surface area (Å²) in [6, 6.07) is 5.68. The molecule has 166 valence electrons. The van der Waals surface area contributed by atoms with Gasteiger partial charge in [-0.3, -0.25) is 18.6 Å². The summed E-state index contributed by atoms with van der Waals surface area (Å²) in [5.74, 6) is 0.0985. The molecule has 1 fully saturated rings. The Morgan fingerprint density at radius 3 is 2.87 bits per heavy atom. The van der Waals surface area contributed by atoms with Gasteiger partial charge >= 0.3 is 5.69 Å². The molecule has 0 spiro atoms. The zero-order valence-corrected chi connectivity index (χ0v) is 18.5. The van der Waals surface area contributed by atoms with E-state index in [0.29, 0.717) is 38.3 Å². The number of rotatable bonds is 7. The molecule has 0 radical (unpaired) electrons. The van der Waals surface area contributed by atoms with Crippen LogP contribution in [0.5, 0.6) is 0 Å². The van der Waals surface area contributed by atoms with E-state index in [4.69, 9.17) is 4.74 Å². The Labute approximate surface area is 181 Å². The van der Waals surface area contributed by atoms with Crippen LogP contribution in [0.2, 0.25) is 0 Å². The summed E-state index contributed by atoms with van der Waals surface area (Å²) in [5.41, 5.74) is 3.40. The van der Waals surface area contributed by atoms with Crippen molar-refractivity contribution in [3.63, 3.8) is 0 Å². The molecule has 1 aliphatic heterocycles. The smallest absolute Gasteiger partial charge is 0.330 e. The maximum absolute atomic E-state index is 13.2. The zero-order chi connectivity index (χ0) is 22.0. The second kappa shape index (κ2) is 9.05. The average Bonchev–Trinajstić information content (AvgIpc) is 3.25. The van der Waals surface area contributed by atoms with Crippen molar-refractivity contribution in [3.8, 4) is 0 Å². The van der Waals surface area contributed by atoms with Crippen LogP contribution in [0, 0.1) is 13.8 Å². The van der Waals surface area contributed by atoms with Crippen LogP contribution in [-0.4, -0.2) is 61.5 Å². The van der Waals surface area contributed by atoms with Crippen LogP contribution in [0.3, 0.4) is 0 Å². The van der Waals surface area contributed by atoms with Crippen molar-refractivity contribution in [2.75, 3.05) is 26.8 Å². The normalized spacial score (nSPS) is 16.9. The molecule has 4 rings (SSSR count). The quantitative estimate of drug-likeness (QED) is 0.576. The minimum absolute atomic E-state index is 0.0833. The van der Waals surface area contributed by atoms with Gasteiger partial charge in [-0.05, 0) is 44.9 Å². The first kappa shape index (κ1) is 21.3. The molecule has 0 unspecified atom stereocenters. The van der Waals surface area contributed by atoms with Crippen molar-refractivity contribution in [2.24, 2.45) is 0 Å². The van der Waals surface area contributed by atoms with Gasteiger partial charge < -0.3 is 9.64 Å². The molecular formula is C22H30N6O3. The fraction of sp³-hybridized carbons (Fsp3) is 0.545. The highest BCUT2D eigenvalue weighted by atomic mass is 16.5. The maximum Gasteiger partial charge on any atom is 0.330 e. The van der Waals surface area contributed by atoms with E-state index in [-0.39, 0.29) is 17.6 Å². The number of imidazole rings is 1. The summed E-state index contributed by atoms with van der Waals surface area (Å²) in [7, 11) is 1.62. The molecule has 1 saturated heterocycles. The second-order valence-electron chi connectivity index (χ2n) is 8.18. The highest BCUT2D eigenvalue weighted by Gasteiger charge is 2.28. The molecule has 0 aromatic carbocycles. The molecule has 0 N–H and O–H groups in total. The minimum Gasteiger partial charge on any atom is -0.383 e. The number of carbonyl (C=O) groups is 1. The van der Waals surface area contributed by atoms with E-state index >= 15 is 0 Å². The number of aromatic nitrogens is 5. The SMILES string of the molecule is COCCn1c(=O)n([C@H]2CCCN(C(=O)CCn3nc(C)cc3C)C2)c2ncccc21. The van der Waals surface area contributed by atoms with Crippen LogP contribution in [0.4, 0.5) is 0 Å². The summed E-state index contributed by atoms with van der Waals surface area (Å²) in [6.45, 7) is 6.69. The number of hydrogen-bond acceptors (Lipinski definition) is 5. The van der Waals surface area contributed by atoms with E-state index in [9.17, 15) is 9.59 Å². The Morgan fingerprint density at radius 1 is 1.29 bits per heavy atom. The van der Waals surface area contributed by atoms with E-state index in [1.807, 2.05) is 41.6 Å². The fourth-order valence-corrected chi connectivity index (χ4v) is 4.49. The number of hydrogen-bond donors (Lipinski definition) is 0. The molecule has 3 aromatic heterocycles. The van der Waals surface area contributed by atoms with Crippen molar-refractivity contribution in [1.82, 2.24) is 28.8 Å². The lowest BCUT2D eigenvalue weighted by molar-refractivity contribution is -0.133. The van der Waals surface area contributed by atoms with Gasteiger partial charge in [0.2, 0.25) is 5.91 Å². The lowest BCUT2D eigenvalue weighted by atomic mass is 10.0. The van der Waals surface area contributed by atoms with Crippen LogP contribution in [-0.2, 0) is 22.6 Å². The van der Waals surface area contributed by atoms with Crippen LogP contribution < -0.4 is 5.69 Å². The number of fused-ring (bicyclic) bond motifs is 1. The van der Waals surface area contributed by atoms with Crippen molar-refractivity contribution in [2.45, 2.75) is 52.2 Å². The van der Waals surface area contributed by atoms with Gasteiger partial charge in [-0.15, -0.1) is 0 Å². The first-order valence-electron chi connectivity index (χ1n) is 10.8. The van der Waals surface area contributed by atoms with Gasteiger partial charge in [-0.2, -0.15) is 5.10 Å². The van der Waals surface area contributed by atoms with Crippen LogP contribution in [0.1, 0.15) is 36.7 Å². The lowest BCUT2D eigenvalue weighted by Crippen LogP contribution is -2.43. The lowest BCUT2D eigenvalue weighted by Gasteiger charge is -2.33. The maximum atomic E-state index is 13.2. The number of carbonyl (C=O) groups excluding carboxylic acids is 1. The number of methoxy groups -OCH3 is 1. The number of pyridine rings is 1. The summed E-state index contributed by atoms with van der Waals surface area (Å²) >= 11 is 0. The Kier molecular flexibility index (Phi) is 6.22. The number of likely N-dealkylation sites (tertiary alicyclic amines) is 1. The standard InChI is InChI=1S/C22H30N6O3/c1-16-14-17(2)27(24-16)11-8-20(29)25-10-5-6-18(15-25)28-21-19(7-4-9-23-21)26(22(28)30)12-13-31-3/h4,7,9,14,18H,5-6,8,10-13,15H2,1-3H3/t18-/m0/s1. The highest BCUT2D eigenvalue weighted by Crippen LogP contribution is 2.24. The molecular weight excluding hydrogens is 396 g/mol. The predicted octanol–water partition coefficient (Wildman–Crippen LogP) is 1.91. The molecule has 0 bridgehead atoms. The van der Waals surface area contributed by atoms with Crippen LogP contribution >= 0.6 is 0 Å². The van der Waals surface area contributed by atoms with E-state index in [2.05, 4.69) is 10.1 Å². The average molecular weight is 427 g/mol. The molecule has 1 aliphatic rings. The predicted molar refractivity (Wildman–Crippen MR) is 117 cm³/mol. The van der Waals surface area contributed by atoms with Crippen LogP contribution in [0.15, 0.2) is 29.2 Å². The van der Waals surface area contributed by atoms with Crippen molar-refractivity contribution >= 4 is 17.1 Å². The van der Waals surface area contributed by atoms with Gasteiger partial charge in [0.25, 0.3) is 0 Å².